The number of piperidine rings is 2. The number of halogens is 2. The number of aromatic nitrogens is 4. The summed E-state index contributed by atoms with van der Waals surface area (Å²) < 4.78 is 34.7. The second kappa shape index (κ2) is 7.63. The van der Waals surface area contributed by atoms with Gasteiger partial charge in [0.15, 0.2) is 5.82 Å². The zero-order valence-corrected chi connectivity index (χ0v) is 14.9. The first-order valence-electron chi connectivity index (χ1n) is 9.04. The monoisotopic (exact) mass is 380 g/mol. The molecule has 146 valence electrons. The summed E-state index contributed by atoms with van der Waals surface area (Å²) in [6.45, 7) is -2.92. The summed E-state index contributed by atoms with van der Waals surface area (Å²) in [5.74, 6) is 1.03. The van der Waals surface area contributed by atoms with Crippen molar-refractivity contribution in [2.75, 3.05) is 12.4 Å². The maximum atomic E-state index is 12.2. The van der Waals surface area contributed by atoms with Crippen molar-refractivity contribution in [2.45, 2.75) is 56.9 Å². The van der Waals surface area contributed by atoms with Crippen molar-refractivity contribution in [1.29, 1.82) is 0 Å². The van der Waals surface area contributed by atoms with E-state index in [2.05, 4.69) is 42.2 Å². The van der Waals surface area contributed by atoms with Gasteiger partial charge < -0.3 is 19.7 Å². The molecule has 10 heteroatoms. The van der Waals surface area contributed by atoms with Crippen LogP contribution in [-0.4, -0.2) is 56.9 Å². The van der Waals surface area contributed by atoms with Gasteiger partial charge in [0.1, 0.15) is 11.9 Å². The van der Waals surface area contributed by atoms with E-state index in [1.54, 1.807) is 6.20 Å². The van der Waals surface area contributed by atoms with E-state index in [1.807, 2.05) is 0 Å². The molecule has 2 fully saturated rings. The minimum atomic E-state index is -2.92. The molecular formula is C17H22F2N6O2. The van der Waals surface area contributed by atoms with Crippen LogP contribution in [0.1, 0.15) is 32.1 Å². The summed E-state index contributed by atoms with van der Waals surface area (Å²) in [4.78, 5) is 11.0. The van der Waals surface area contributed by atoms with E-state index in [0.29, 0.717) is 29.6 Å². The lowest BCUT2D eigenvalue weighted by molar-refractivity contribution is -0.0528. The van der Waals surface area contributed by atoms with Gasteiger partial charge in [-0.3, -0.25) is 10.1 Å². The molecule has 0 aliphatic carbocycles. The van der Waals surface area contributed by atoms with Crippen LogP contribution in [0.4, 0.5) is 20.4 Å². The average Bonchev–Trinajstić information content (AvgIpc) is 3.02. The second-order valence-electron chi connectivity index (χ2n) is 6.98. The number of anilines is 2. The van der Waals surface area contributed by atoms with Gasteiger partial charge in [-0.05, 0) is 32.7 Å². The summed E-state index contributed by atoms with van der Waals surface area (Å²) in [5.41, 5.74) is 0. The number of ether oxygens (including phenoxy) is 2. The lowest BCUT2D eigenvalue weighted by Gasteiger charge is -2.46. The fraction of sp³-hybridized carbons (Fsp3) is 0.588. The normalized spacial score (nSPS) is 25.4. The first kappa shape index (κ1) is 17.9. The highest BCUT2D eigenvalue weighted by Crippen LogP contribution is 2.34. The van der Waals surface area contributed by atoms with Crippen molar-refractivity contribution in [3.8, 4) is 11.8 Å². The van der Waals surface area contributed by atoms with Crippen LogP contribution in [0.5, 0.6) is 11.8 Å². The summed E-state index contributed by atoms with van der Waals surface area (Å²) in [5, 5.41) is 9.11. The molecule has 2 aliphatic rings. The molecule has 0 radical (unpaired) electrons. The van der Waals surface area contributed by atoms with Crippen LogP contribution in [0, 0.1) is 0 Å². The number of nitrogens with one attached hydrogen (secondary N) is 2. The molecule has 2 bridgehead atoms. The number of nitrogens with zero attached hydrogens (tertiary/aromatic N) is 4. The maximum Gasteiger partial charge on any atom is 0.388 e. The van der Waals surface area contributed by atoms with Gasteiger partial charge in [0.25, 0.3) is 0 Å². The summed E-state index contributed by atoms with van der Waals surface area (Å²) in [7, 11) is 2.20. The minimum Gasteiger partial charge on any atom is -0.473 e. The van der Waals surface area contributed by atoms with Crippen LogP contribution < -0.4 is 14.8 Å². The van der Waals surface area contributed by atoms with Crippen molar-refractivity contribution >= 4 is 11.6 Å². The summed E-state index contributed by atoms with van der Waals surface area (Å²) in [6.07, 6.45) is 8.91. The van der Waals surface area contributed by atoms with Crippen LogP contribution in [0.15, 0.2) is 18.5 Å². The highest BCUT2D eigenvalue weighted by Gasteiger charge is 2.37. The van der Waals surface area contributed by atoms with Crippen molar-refractivity contribution in [1.82, 2.24) is 25.1 Å². The van der Waals surface area contributed by atoms with Crippen molar-refractivity contribution in [2.24, 2.45) is 0 Å². The van der Waals surface area contributed by atoms with E-state index >= 15 is 0 Å². The molecule has 2 unspecified atom stereocenters. The van der Waals surface area contributed by atoms with Gasteiger partial charge in [0, 0.05) is 18.2 Å². The Morgan fingerprint density at radius 2 is 2.00 bits per heavy atom. The minimum absolute atomic E-state index is 0.124. The third-order valence-corrected chi connectivity index (χ3v) is 5.22. The number of hydrogen-bond acceptors (Lipinski definition) is 7. The van der Waals surface area contributed by atoms with Crippen molar-refractivity contribution in [3.05, 3.63) is 18.5 Å². The Morgan fingerprint density at radius 3 is 2.74 bits per heavy atom. The van der Waals surface area contributed by atoms with Crippen molar-refractivity contribution in [3.63, 3.8) is 0 Å². The fourth-order valence-corrected chi connectivity index (χ4v) is 3.95. The molecule has 4 rings (SSSR count). The van der Waals surface area contributed by atoms with E-state index in [-0.39, 0.29) is 12.0 Å². The van der Waals surface area contributed by atoms with Gasteiger partial charge >= 0.3 is 6.61 Å². The highest BCUT2D eigenvalue weighted by atomic mass is 19.3. The van der Waals surface area contributed by atoms with Crippen LogP contribution in [0.3, 0.4) is 0 Å². The molecule has 0 spiro atoms. The van der Waals surface area contributed by atoms with Crippen molar-refractivity contribution < 1.29 is 18.3 Å². The number of aromatic amines is 1. The number of rotatable bonds is 6. The number of hydrogen-bond donors (Lipinski definition) is 2. The maximum absolute atomic E-state index is 12.2. The summed E-state index contributed by atoms with van der Waals surface area (Å²) in [6, 6.07) is 2.45. The Hall–Kier alpha value is -2.49. The molecule has 2 N–H and O–H groups in total. The zero-order valence-electron chi connectivity index (χ0n) is 14.9. The van der Waals surface area contributed by atoms with Gasteiger partial charge in [-0.15, -0.1) is 5.10 Å². The molecule has 0 aromatic carbocycles. The van der Waals surface area contributed by atoms with Gasteiger partial charge in [-0.2, -0.15) is 13.8 Å². The Bertz CT molecular complexity index is 759. The average molecular weight is 380 g/mol. The van der Waals surface area contributed by atoms with Crippen LogP contribution in [0.2, 0.25) is 0 Å². The van der Waals surface area contributed by atoms with E-state index in [0.717, 1.165) is 12.8 Å². The van der Waals surface area contributed by atoms with E-state index < -0.39 is 6.61 Å². The Balaban J connectivity index is 1.38. The quantitative estimate of drug-likeness (QED) is 0.797. The lowest BCUT2D eigenvalue weighted by Crippen LogP contribution is -2.52. The Kier molecular flexibility index (Phi) is 5.06. The molecule has 2 aliphatic heterocycles. The fourth-order valence-electron chi connectivity index (χ4n) is 3.95. The Morgan fingerprint density at radius 1 is 1.22 bits per heavy atom. The molecular weight excluding hydrogens is 358 g/mol. The second-order valence-corrected chi connectivity index (χ2v) is 6.98. The van der Waals surface area contributed by atoms with Crippen LogP contribution in [0.25, 0.3) is 0 Å². The Labute approximate surface area is 155 Å². The smallest absolute Gasteiger partial charge is 0.388 e. The molecule has 2 atom stereocenters. The van der Waals surface area contributed by atoms with Gasteiger partial charge in [0.2, 0.25) is 11.8 Å². The number of alkyl halides is 2. The standard InChI is InChI=1S/C17H22F2N6O2/c1-25-10-3-2-4-11(25)6-12(5-10)26-16-9-20-8-14(22-16)21-13-7-15(24-23-13)27-17(18)19/h7-12,17H,2-6H2,1H3,(H2,21,22,23,24). The third-order valence-electron chi connectivity index (χ3n) is 5.22. The molecule has 2 aromatic rings. The molecule has 4 heterocycles. The van der Waals surface area contributed by atoms with Gasteiger partial charge in [-0.1, -0.05) is 6.42 Å². The zero-order chi connectivity index (χ0) is 18.8. The number of H-pyrrole nitrogens is 1. The number of fused-ring (bicyclic) bond motifs is 2. The van der Waals surface area contributed by atoms with E-state index in [4.69, 9.17) is 4.74 Å². The molecule has 27 heavy (non-hydrogen) atoms. The van der Waals surface area contributed by atoms with Gasteiger partial charge in [0.05, 0.1) is 12.4 Å². The lowest BCUT2D eigenvalue weighted by atomic mass is 9.83. The largest absolute Gasteiger partial charge is 0.473 e. The topological polar surface area (TPSA) is 88.2 Å². The molecule has 0 saturated carbocycles. The van der Waals surface area contributed by atoms with E-state index in [9.17, 15) is 8.78 Å². The molecule has 0 amide bonds. The SMILES string of the molecule is CN1C2CCCC1CC(Oc1cncc(Nc3cc(OC(F)F)n[nH]3)n1)C2. The van der Waals surface area contributed by atoms with E-state index in [1.165, 1.54) is 31.5 Å². The third kappa shape index (κ3) is 4.26. The first-order valence-corrected chi connectivity index (χ1v) is 9.04. The van der Waals surface area contributed by atoms with Crippen LogP contribution in [-0.2, 0) is 0 Å². The van der Waals surface area contributed by atoms with Gasteiger partial charge in [-0.25, -0.2) is 0 Å². The predicted molar refractivity (Wildman–Crippen MR) is 93.4 cm³/mol. The predicted octanol–water partition coefficient (Wildman–Crippen LogP) is 2.94. The molecule has 8 nitrogen and oxygen atoms in total. The molecule has 2 aromatic heterocycles. The molecule has 2 saturated heterocycles. The first-order chi connectivity index (χ1) is 13.1. The highest BCUT2D eigenvalue weighted by molar-refractivity contribution is 5.51. The van der Waals surface area contributed by atoms with Crippen LogP contribution >= 0.6 is 0 Å². The summed E-state index contributed by atoms with van der Waals surface area (Å²) >= 11 is 0.